The maximum absolute atomic E-state index is 15.3. The molecular weight excluding hydrogens is 1070 g/mol. The first-order valence-corrected chi connectivity index (χ1v) is 26.7. The largest absolute Gasteiger partial charge is 0.464 e. The lowest BCUT2D eigenvalue weighted by Gasteiger charge is -2.67. The Hall–Kier alpha value is -7.73. The van der Waals surface area contributed by atoms with Gasteiger partial charge in [0.2, 0.25) is 6.10 Å². The molecule has 2 saturated carbocycles. The number of hydrogen-bond acceptors (Lipinski definition) is 21. The summed E-state index contributed by atoms with van der Waals surface area (Å²) in [6.07, 6.45) is -14.8. The van der Waals surface area contributed by atoms with Crippen molar-refractivity contribution in [3.63, 3.8) is 0 Å². The Labute approximate surface area is 473 Å². The van der Waals surface area contributed by atoms with Crippen LogP contribution in [0.4, 0.5) is 9.59 Å². The van der Waals surface area contributed by atoms with Crippen molar-refractivity contribution in [2.45, 2.75) is 154 Å². The Morgan fingerprint density at radius 2 is 1.41 bits per heavy atom. The molecule has 1 saturated heterocycles. The van der Waals surface area contributed by atoms with Gasteiger partial charge in [0, 0.05) is 25.2 Å². The number of nitrogens with one attached hydrogen (secondary N) is 2. The first-order chi connectivity index (χ1) is 38.6. The summed E-state index contributed by atoms with van der Waals surface area (Å²) in [5.74, 6) is -9.62. The van der Waals surface area contributed by atoms with Crippen molar-refractivity contribution < 1.29 is 101 Å². The molecule has 0 spiro atoms. The Morgan fingerprint density at radius 3 is 2.00 bits per heavy atom. The van der Waals surface area contributed by atoms with Crippen LogP contribution in [0, 0.1) is 16.7 Å². The molecule has 2 amide bonds. The van der Waals surface area contributed by atoms with Gasteiger partial charge in [-0.25, -0.2) is 28.8 Å². The Bertz CT molecular complexity index is 2930. The number of hydrogen-bond donors (Lipinski definition) is 5. The highest BCUT2D eigenvalue weighted by Gasteiger charge is 2.78. The quantitative estimate of drug-likeness (QED) is 0.0660. The zero-order valence-electron chi connectivity index (χ0n) is 47.0. The number of ether oxygens (including phenoxy) is 9. The van der Waals surface area contributed by atoms with E-state index >= 15 is 9.59 Å². The SMILES string of the molecule is CCOC(=O)C(CC(=O)OCC(=O)OC(C(=O)O[C@H]1C[C@@]2(O)[C@@H](OC(=O)c3ccccc3)[C@@H]3[C@]4(OC(C)=O)CO[C@@H]4C[C@H](O)[C@@]3(C)C(=O)[C@H](O)C(=C1C)C2(C)C)C(NC(=O)OC(C)(C)C)c1ccccc1)NC(=O)OCc1ccccc1. The summed E-state index contributed by atoms with van der Waals surface area (Å²) in [5, 5.41) is 43.2. The third-order valence-electron chi connectivity index (χ3n) is 15.6. The summed E-state index contributed by atoms with van der Waals surface area (Å²) < 4.78 is 51.3. The third-order valence-corrected chi connectivity index (χ3v) is 15.6. The number of aliphatic hydroxyl groups excluding tert-OH is 2. The average molecular weight is 1140 g/mol. The van der Waals surface area contributed by atoms with Crippen LogP contribution < -0.4 is 10.6 Å². The second-order valence-corrected chi connectivity index (χ2v) is 22.4. The maximum atomic E-state index is 15.3. The average Bonchev–Trinajstić information content (AvgIpc) is 0.728. The van der Waals surface area contributed by atoms with Crippen molar-refractivity contribution >= 4 is 53.8 Å². The van der Waals surface area contributed by atoms with Crippen molar-refractivity contribution in [3.05, 3.63) is 119 Å². The summed E-state index contributed by atoms with van der Waals surface area (Å²) >= 11 is 0. The number of carbonyl (C=O) groups excluding carboxylic acids is 9. The van der Waals surface area contributed by atoms with E-state index in [0.29, 0.717) is 5.56 Å². The second kappa shape index (κ2) is 24.8. The minimum Gasteiger partial charge on any atom is -0.464 e. The van der Waals surface area contributed by atoms with E-state index in [4.69, 9.17) is 42.6 Å². The van der Waals surface area contributed by atoms with E-state index in [1.165, 1.54) is 58.9 Å². The van der Waals surface area contributed by atoms with Crippen LogP contribution in [0.3, 0.4) is 0 Å². The zero-order chi connectivity index (χ0) is 60.1. The standard InChI is InChI=1S/C59H70N2O21/c1-10-74-51(69)37(60-53(71)76-29-34-20-14-11-15-21-34)26-41(64)75-30-42(65)79-46(44(35-22-16-12-17-23-35)61-54(72)82-55(4,5)6)52(70)78-38-28-59(73)49(80-50(68)36-24-18-13-19-25-36)47-57(9,48(67)45(66)43(32(38)2)56(59,7)8)39(63)27-40-58(47,31-77-40)81-33(3)62/h11-25,37-40,44-47,49,63,66,73H,10,26-31H2,1-9H3,(H,60,71)(H,61,72)/t37?,38-,39-,40+,44?,45+,46?,47-,49-,57+,58-,59+/m0/s1. The van der Waals surface area contributed by atoms with Crippen LogP contribution >= 0.6 is 0 Å². The molecule has 3 aromatic rings. The van der Waals surface area contributed by atoms with Crippen molar-refractivity contribution in [1.82, 2.24) is 10.6 Å². The molecule has 3 fully saturated rings. The molecule has 0 radical (unpaired) electrons. The molecule has 1 heterocycles. The lowest BCUT2D eigenvalue weighted by Crippen LogP contribution is -2.81. The molecule has 12 atom stereocenters. The Kier molecular flexibility index (Phi) is 18.7. The van der Waals surface area contributed by atoms with E-state index in [2.05, 4.69) is 10.6 Å². The highest BCUT2D eigenvalue weighted by molar-refractivity contribution is 5.94. The van der Waals surface area contributed by atoms with Gasteiger partial charge >= 0.3 is 48.0 Å². The Morgan fingerprint density at radius 1 is 0.793 bits per heavy atom. The number of esters is 6. The summed E-state index contributed by atoms with van der Waals surface area (Å²) in [4.78, 5) is 125. The fourth-order valence-corrected chi connectivity index (χ4v) is 11.5. The van der Waals surface area contributed by atoms with Crippen LogP contribution in [-0.2, 0) is 78.0 Å². The molecule has 3 aliphatic carbocycles. The highest BCUT2D eigenvalue weighted by Crippen LogP contribution is 2.64. The molecule has 7 rings (SSSR count). The minimum atomic E-state index is -2.54. The van der Waals surface area contributed by atoms with E-state index in [9.17, 15) is 48.9 Å². The molecule has 2 bridgehead atoms. The van der Waals surface area contributed by atoms with Gasteiger partial charge in [-0.3, -0.25) is 14.4 Å². The summed E-state index contributed by atoms with van der Waals surface area (Å²) in [6.45, 7) is 11.1. The molecule has 442 valence electrons. The predicted molar refractivity (Wildman–Crippen MR) is 283 cm³/mol. The van der Waals surface area contributed by atoms with Crippen molar-refractivity contribution in [1.29, 1.82) is 0 Å². The van der Waals surface area contributed by atoms with Gasteiger partial charge in [0.05, 0.1) is 42.6 Å². The van der Waals surface area contributed by atoms with Crippen LogP contribution in [-0.4, -0.2) is 148 Å². The number of alkyl carbamates (subject to hydrolysis) is 2. The van der Waals surface area contributed by atoms with Crippen molar-refractivity contribution in [2.75, 3.05) is 19.8 Å². The number of ketones is 1. The van der Waals surface area contributed by atoms with E-state index in [-0.39, 0.29) is 48.5 Å². The van der Waals surface area contributed by atoms with Gasteiger partial charge < -0.3 is 68.6 Å². The fraction of sp³-hybridized carbons (Fsp3) is 0.508. The number of rotatable bonds is 18. The van der Waals surface area contributed by atoms with Gasteiger partial charge in [-0.05, 0) is 75.9 Å². The van der Waals surface area contributed by atoms with Gasteiger partial charge in [0.15, 0.2) is 18.0 Å². The van der Waals surface area contributed by atoms with Gasteiger partial charge in [-0.2, -0.15) is 0 Å². The summed E-state index contributed by atoms with van der Waals surface area (Å²) in [5.41, 5.74) is -8.87. The van der Waals surface area contributed by atoms with Crippen LogP contribution in [0.15, 0.2) is 102 Å². The maximum Gasteiger partial charge on any atom is 0.408 e. The normalized spacial score (nSPS) is 27.2. The molecule has 1 aliphatic heterocycles. The summed E-state index contributed by atoms with van der Waals surface area (Å²) in [7, 11) is 0. The summed E-state index contributed by atoms with van der Waals surface area (Å²) in [6, 6.07) is 20.5. The predicted octanol–water partition coefficient (Wildman–Crippen LogP) is 4.60. The zero-order valence-corrected chi connectivity index (χ0v) is 47.0. The van der Waals surface area contributed by atoms with E-state index in [1.807, 2.05) is 0 Å². The molecule has 23 heteroatoms. The molecule has 23 nitrogen and oxygen atoms in total. The monoisotopic (exact) mass is 1140 g/mol. The number of aliphatic hydroxyl groups is 3. The molecule has 3 aromatic carbocycles. The van der Waals surface area contributed by atoms with Crippen LogP contribution in [0.5, 0.6) is 0 Å². The smallest absolute Gasteiger partial charge is 0.408 e. The number of benzene rings is 3. The van der Waals surface area contributed by atoms with Gasteiger partial charge in [0.25, 0.3) is 0 Å². The topological polar surface area (TPSA) is 321 Å². The number of carbonyl (C=O) groups is 9. The van der Waals surface area contributed by atoms with Crippen LogP contribution in [0.25, 0.3) is 0 Å². The highest BCUT2D eigenvalue weighted by atomic mass is 16.6. The van der Waals surface area contributed by atoms with Gasteiger partial charge in [0.1, 0.15) is 54.3 Å². The fourth-order valence-electron chi connectivity index (χ4n) is 11.5. The molecule has 5 N–H and O–H groups in total. The van der Waals surface area contributed by atoms with E-state index in [0.717, 1.165) is 6.92 Å². The Balaban J connectivity index is 1.26. The third kappa shape index (κ3) is 12.8. The molecule has 3 unspecified atom stereocenters. The van der Waals surface area contributed by atoms with Gasteiger partial charge in [-0.1, -0.05) is 92.7 Å². The second-order valence-electron chi connectivity index (χ2n) is 22.4. The van der Waals surface area contributed by atoms with Gasteiger partial charge in [-0.15, -0.1) is 0 Å². The first kappa shape index (κ1) is 61.9. The number of amides is 2. The molecular formula is C59H70N2O21. The first-order valence-electron chi connectivity index (χ1n) is 26.7. The van der Waals surface area contributed by atoms with Crippen molar-refractivity contribution in [2.24, 2.45) is 16.7 Å². The van der Waals surface area contributed by atoms with E-state index < -0.39 is 155 Å². The lowest BCUT2D eigenvalue weighted by molar-refractivity contribution is -0.346. The lowest BCUT2D eigenvalue weighted by atomic mass is 9.44. The number of fused-ring (bicyclic) bond motifs is 5. The molecule has 0 aromatic heterocycles. The van der Waals surface area contributed by atoms with E-state index in [1.54, 1.807) is 87.5 Å². The minimum absolute atomic E-state index is 0.00133. The molecule has 82 heavy (non-hydrogen) atoms. The molecule has 4 aliphatic rings. The van der Waals surface area contributed by atoms with Crippen LogP contribution in [0.2, 0.25) is 0 Å². The van der Waals surface area contributed by atoms with Crippen molar-refractivity contribution in [3.8, 4) is 0 Å². The van der Waals surface area contributed by atoms with Crippen LogP contribution in [0.1, 0.15) is 109 Å². The number of Topliss-reactive ketones (excluding diaryl/α,β-unsaturated/α-hetero) is 1.